The number of ketones is 1. The molecule has 0 amide bonds. The Morgan fingerprint density at radius 2 is 1.77 bits per heavy atom. The summed E-state index contributed by atoms with van der Waals surface area (Å²) in [4.78, 5) is 13.5. The van der Waals surface area contributed by atoms with Crippen molar-refractivity contribution >= 4 is 28.3 Å². The molecule has 0 radical (unpaired) electrons. The number of hydrogen-bond acceptors (Lipinski definition) is 3. The number of carbonyl (C=O) groups is 1. The van der Waals surface area contributed by atoms with Crippen LogP contribution >= 0.6 is 11.6 Å². The highest BCUT2D eigenvalue weighted by Gasteiger charge is 2.33. The first-order valence-electron chi connectivity index (χ1n) is 10.0. The summed E-state index contributed by atoms with van der Waals surface area (Å²) in [6.07, 6.45) is 0.866. The second-order valence-corrected chi connectivity index (χ2v) is 8.02. The number of hydrogen-bond donors (Lipinski definition) is 2. The number of aromatic nitrogens is 1. The van der Waals surface area contributed by atoms with Gasteiger partial charge in [0.15, 0.2) is 5.78 Å². The Morgan fingerprint density at radius 1 is 1.03 bits per heavy atom. The number of nitrogens with one attached hydrogen (secondary N) is 1. The lowest BCUT2D eigenvalue weighted by atomic mass is 9.93. The highest BCUT2D eigenvalue weighted by atomic mass is 35.5. The van der Waals surface area contributed by atoms with Crippen LogP contribution in [-0.2, 0) is 13.0 Å². The van der Waals surface area contributed by atoms with E-state index >= 15 is 0 Å². The average Bonchev–Trinajstić information content (AvgIpc) is 3.09. The minimum Gasteiger partial charge on any atom is -0.508 e. The fourth-order valence-electron chi connectivity index (χ4n) is 4.41. The molecule has 2 N–H and O–H groups in total. The van der Waals surface area contributed by atoms with Crippen LogP contribution in [0, 0.1) is 0 Å². The zero-order chi connectivity index (χ0) is 20.7. The largest absolute Gasteiger partial charge is 0.508 e. The first-order chi connectivity index (χ1) is 14.6. The number of rotatable bonds is 4. The molecule has 1 aliphatic heterocycles. The molecule has 1 aromatic heterocycles. The molecule has 0 fully saturated rings. The quantitative estimate of drug-likeness (QED) is 0.454. The summed E-state index contributed by atoms with van der Waals surface area (Å²) in [5, 5.41) is 14.7. The number of para-hydroxylation sites is 1. The Balaban J connectivity index is 1.67. The molecule has 0 bridgehead atoms. The number of fused-ring (bicyclic) bond motifs is 3. The van der Waals surface area contributed by atoms with Crippen molar-refractivity contribution in [1.82, 2.24) is 9.88 Å². The number of aromatic hydroxyl groups is 1. The summed E-state index contributed by atoms with van der Waals surface area (Å²) in [7, 11) is 0. The topological polar surface area (TPSA) is 54.3 Å². The molecular formula is C25H21ClN2O2. The molecule has 0 saturated heterocycles. The van der Waals surface area contributed by atoms with E-state index in [1.807, 2.05) is 36.4 Å². The number of Topliss-reactive ketones (excluding diaryl/α,β-unsaturated/α-hetero) is 1. The maximum absolute atomic E-state index is 13.5. The summed E-state index contributed by atoms with van der Waals surface area (Å²) in [5.41, 5.74) is 4.92. The van der Waals surface area contributed by atoms with Gasteiger partial charge in [-0.15, -0.1) is 0 Å². The van der Waals surface area contributed by atoms with Crippen LogP contribution in [0.1, 0.15) is 33.2 Å². The van der Waals surface area contributed by atoms with Crippen molar-refractivity contribution in [1.29, 1.82) is 0 Å². The first-order valence-corrected chi connectivity index (χ1v) is 10.4. The van der Waals surface area contributed by atoms with Crippen molar-refractivity contribution in [2.75, 3.05) is 6.54 Å². The molecule has 3 aromatic carbocycles. The average molecular weight is 417 g/mol. The fraction of sp³-hybridized carbons (Fsp3) is 0.160. The number of nitrogens with zero attached hydrogens (tertiary/aromatic N) is 1. The molecule has 150 valence electrons. The highest BCUT2D eigenvalue weighted by Crippen LogP contribution is 2.36. The summed E-state index contributed by atoms with van der Waals surface area (Å²) in [5.74, 6) is 0.225. The summed E-state index contributed by atoms with van der Waals surface area (Å²) in [6.45, 7) is 1.35. The zero-order valence-corrected chi connectivity index (χ0v) is 17.1. The van der Waals surface area contributed by atoms with Crippen molar-refractivity contribution in [3.8, 4) is 5.75 Å². The van der Waals surface area contributed by atoms with Crippen LogP contribution in [0.15, 0.2) is 72.8 Å². The standard InChI is InChI=1S/C25H21ClN2O2/c26-21-7-3-1-6-20(21)25(30)23-24-19(13-14-27-23)18-5-2-4-8-22(18)28(24)15-16-9-11-17(29)12-10-16/h1-12,23,27,29H,13-15H2. The third-order valence-corrected chi connectivity index (χ3v) is 6.12. The van der Waals surface area contributed by atoms with Crippen molar-refractivity contribution in [3.63, 3.8) is 0 Å². The molecule has 2 heterocycles. The molecule has 1 aliphatic rings. The Bertz CT molecular complexity index is 1240. The second kappa shape index (κ2) is 7.63. The maximum atomic E-state index is 13.5. The number of halogens is 1. The third-order valence-electron chi connectivity index (χ3n) is 5.80. The minimum atomic E-state index is -0.460. The van der Waals surface area contributed by atoms with Crippen LogP contribution in [0.4, 0.5) is 0 Å². The smallest absolute Gasteiger partial charge is 0.187 e. The monoisotopic (exact) mass is 416 g/mol. The van der Waals surface area contributed by atoms with E-state index in [-0.39, 0.29) is 11.5 Å². The van der Waals surface area contributed by atoms with Gasteiger partial charge in [0.05, 0.1) is 5.02 Å². The molecule has 4 nitrogen and oxygen atoms in total. The number of carbonyl (C=O) groups excluding carboxylic acids is 1. The molecule has 5 heteroatoms. The Labute approximate surface area is 179 Å². The molecule has 0 aliphatic carbocycles. The van der Waals surface area contributed by atoms with E-state index in [1.54, 1.807) is 24.3 Å². The van der Waals surface area contributed by atoms with Gasteiger partial charge < -0.3 is 15.0 Å². The second-order valence-electron chi connectivity index (χ2n) is 7.61. The molecule has 0 spiro atoms. The van der Waals surface area contributed by atoms with Gasteiger partial charge in [0.1, 0.15) is 11.8 Å². The summed E-state index contributed by atoms with van der Waals surface area (Å²) >= 11 is 6.35. The summed E-state index contributed by atoms with van der Waals surface area (Å²) in [6, 6.07) is 22.3. The van der Waals surface area contributed by atoms with Crippen LogP contribution in [0.2, 0.25) is 5.02 Å². The predicted molar refractivity (Wildman–Crippen MR) is 119 cm³/mol. The lowest BCUT2D eigenvalue weighted by molar-refractivity contribution is 0.0936. The van der Waals surface area contributed by atoms with Crippen LogP contribution in [0.25, 0.3) is 10.9 Å². The van der Waals surface area contributed by atoms with Crippen LogP contribution in [-0.4, -0.2) is 22.0 Å². The SMILES string of the molecule is O=C(c1ccccc1Cl)C1NCCc2c1n(Cc1ccc(O)cc1)c1ccccc21. The molecular weight excluding hydrogens is 396 g/mol. The molecule has 0 saturated carbocycles. The third kappa shape index (κ3) is 3.18. The van der Waals surface area contributed by atoms with Gasteiger partial charge in [0, 0.05) is 35.2 Å². The van der Waals surface area contributed by atoms with Crippen LogP contribution in [0.5, 0.6) is 5.75 Å². The van der Waals surface area contributed by atoms with Gasteiger partial charge in [-0.3, -0.25) is 4.79 Å². The number of phenols is 1. The van der Waals surface area contributed by atoms with Gasteiger partial charge in [-0.1, -0.05) is 54.1 Å². The van der Waals surface area contributed by atoms with E-state index < -0.39 is 6.04 Å². The molecule has 1 atom stereocenters. The van der Waals surface area contributed by atoms with E-state index in [2.05, 4.69) is 22.0 Å². The molecule has 5 rings (SSSR count). The maximum Gasteiger partial charge on any atom is 0.187 e. The lowest BCUT2D eigenvalue weighted by Gasteiger charge is -2.26. The van der Waals surface area contributed by atoms with Gasteiger partial charge in [-0.05, 0) is 47.9 Å². The minimum absolute atomic E-state index is 0.0173. The van der Waals surface area contributed by atoms with Crippen molar-refractivity contribution < 1.29 is 9.90 Å². The van der Waals surface area contributed by atoms with Gasteiger partial charge in [0.25, 0.3) is 0 Å². The van der Waals surface area contributed by atoms with Gasteiger partial charge >= 0.3 is 0 Å². The van der Waals surface area contributed by atoms with E-state index in [4.69, 9.17) is 11.6 Å². The Kier molecular flexibility index (Phi) is 4.81. The van der Waals surface area contributed by atoms with E-state index in [9.17, 15) is 9.90 Å². The van der Waals surface area contributed by atoms with Crippen LogP contribution in [0.3, 0.4) is 0 Å². The Hall–Kier alpha value is -3.08. The highest BCUT2D eigenvalue weighted by molar-refractivity contribution is 6.34. The number of benzene rings is 3. The van der Waals surface area contributed by atoms with Crippen LogP contribution < -0.4 is 5.32 Å². The van der Waals surface area contributed by atoms with E-state index in [1.165, 1.54) is 10.9 Å². The van der Waals surface area contributed by atoms with Crippen molar-refractivity contribution in [2.24, 2.45) is 0 Å². The first kappa shape index (κ1) is 18.9. The molecule has 4 aromatic rings. The zero-order valence-electron chi connectivity index (χ0n) is 16.3. The lowest BCUT2D eigenvalue weighted by Crippen LogP contribution is -2.36. The van der Waals surface area contributed by atoms with Gasteiger partial charge in [0.2, 0.25) is 0 Å². The van der Waals surface area contributed by atoms with Gasteiger partial charge in [-0.25, -0.2) is 0 Å². The Morgan fingerprint density at radius 3 is 2.57 bits per heavy atom. The van der Waals surface area contributed by atoms with Crippen molar-refractivity contribution in [3.05, 3.63) is 100 Å². The molecule has 30 heavy (non-hydrogen) atoms. The van der Waals surface area contributed by atoms with E-state index in [0.29, 0.717) is 17.1 Å². The fourth-order valence-corrected chi connectivity index (χ4v) is 4.64. The predicted octanol–water partition coefficient (Wildman–Crippen LogP) is 5.12. The number of phenolic OH excluding ortho intramolecular Hbond substituents is 1. The van der Waals surface area contributed by atoms with E-state index in [0.717, 1.165) is 29.7 Å². The summed E-state index contributed by atoms with van der Waals surface area (Å²) < 4.78 is 2.22. The normalized spacial score (nSPS) is 15.8. The van der Waals surface area contributed by atoms with Crippen molar-refractivity contribution in [2.45, 2.75) is 19.0 Å². The van der Waals surface area contributed by atoms with Gasteiger partial charge in [-0.2, -0.15) is 0 Å². The molecule has 1 unspecified atom stereocenters.